The van der Waals surface area contributed by atoms with Gasteiger partial charge in [0.15, 0.2) is 0 Å². The molecular weight excluding hydrogens is 190 g/mol. The molecule has 0 aliphatic heterocycles. The first-order valence-electron chi connectivity index (χ1n) is 5.19. The van der Waals surface area contributed by atoms with Crippen LogP contribution in [0.5, 0.6) is 0 Å². The van der Waals surface area contributed by atoms with Crippen LogP contribution in [0.25, 0.3) is 0 Å². The van der Waals surface area contributed by atoms with E-state index in [-0.39, 0.29) is 0 Å². The van der Waals surface area contributed by atoms with Gasteiger partial charge in [0.05, 0.1) is 5.60 Å². The van der Waals surface area contributed by atoms with Gasteiger partial charge in [-0.2, -0.15) is 0 Å². The first-order chi connectivity index (χ1) is 7.05. The van der Waals surface area contributed by atoms with Crippen molar-refractivity contribution in [1.29, 1.82) is 0 Å². The maximum atomic E-state index is 10.3. The van der Waals surface area contributed by atoms with Crippen molar-refractivity contribution in [1.82, 2.24) is 4.98 Å². The number of aromatic nitrogens is 1. The highest BCUT2D eigenvalue weighted by molar-refractivity contribution is 5.25. The highest BCUT2D eigenvalue weighted by Crippen LogP contribution is 2.32. The molecule has 3 nitrogen and oxygen atoms in total. The van der Waals surface area contributed by atoms with Gasteiger partial charge in [0.1, 0.15) is 6.10 Å². The van der Waals surface area contributed by atoms with Crippen LogP contribution in [0.1, 0.15) is 37.5 Å². The lowest BCUT2D eigenvalue weighted by Crippen LogP contribution is -2.34. The molecule has 84 valence electrons. The van der Waals surface area contributed by atoms with E-state index in [2.05, 4.69) is 4.98 Å². The molecule has 0 aromatic carbocycles. The van der Waals surface area contributed by atoms with Crippen molar-refractivity contribution in [3.05, 3.63) is 29.6 Å². The molecule has 0 saturated heterocycles. The lowest BCUT2D eigenvalue weighted by molar-refractivity contribution is -0.0947. The van der Waals surface area contributed by atoms with Crippen LogP contribution >= 0.6 is 0 Å². The van der Waals surface area contributed by atoms with Crippen LogP contribution in [0.2, 0.25) is 0 Å². The summed E-state index contributed by atoms with van der Waals surface area (Å²) in [6, 6.07) is 1.89. The predicted octanol–water partition coefficient (Wildman–Crippen LogP) is 2.24. The van der Waals surface area contributed by atoms with Crippen LogP contribution in [0.15, 0.2) is 18.5 Å². The zero-order valence-electron chi connectivity index (χ0n) is 9.82. The van der Waals surface area contributed by atoms with Crippen molar-refractivity contribution in [2.75, 3.05) is 7.11 Å². The molecule has 0 aliphatic rings. The number of ether oxygens (including phenoxy) is 1. The fourth-order valence-electron chi connectivity index (χ4n) is 1.54. The maximum Gasteiger partial charge on any atom is 0.109 e. The Morgan fingerprint density at radius 2 is 2.27 bits per heavy atom. The van der Waals surface area contributed by atoms with Crippen LogP contribution < -0.4 is 0 Å². The molecule has 0 radical (unpaired) electrons. The number of rotatable bonds is 4. The first-order valence-corrected chi connectivity index (χ1v) is 5.19. The number of aliphatic hydroxyl groups excluding tert-OH is 1. The minimum Gasteiger partial charge on any atom is -0.385 e. The molecule has 0 saturated carbocycles. The Morgan fingerprint density at radius 1 is 1.60 bits per heavy atom. The van der Waals surface area contributed by atoms with Crippen molar-refractivity contribution >= 4 is 0 Å². The van der Waals surface area contributed by atoms with Crippen molar-refractivity contribution in [2.45, 2.75) is 38.9 Å². The van der Waals surface area contributed by atoms with Crippen molar-refractivity contribution in [3.8, 4) is 0 Å². The largest absolute Gasteiger partial charge is 0.385 e. The Bertz CT molecular complexity index is 321. The van der Waals surface area contributed by atoms with Gasteiger partial charge in [-0.3, -0.25) is 4.98 Å². The summed E-state index contributed by atoms with van der Waals surface area (Å²) >= 11 is 0. The summed E-state index contributed by atoms with van der Waals surface area (Å²) in [6.45, 7) is 5.87. The molecule has 1 rings (SSSR count). The number of methoxy groups -OCH3 is 1. The zero-order chi connectivity index (χ0) is 11.5. The van der Waals surface area contributed by atoms with E-state index in [1.54, 1.807) is 19.5 Å². The van der Waals surface area contributed by atoms with Crippen molar-refractivity contribution < 1.29 is 9.84 Å². The van der Waals surface area contributed by atoms with E-state index in [1.165, 1.54) is 0 Å². The van der Waals surface area contributed by atoms with Crippen molar-refractivity contribution in [2.24, 2.45) is 0 Å². The number of pyridine rings is 1. The summed E-state index contributed by atoms with van der Waals surface area (Å²) in [6.07, 6.45) is 3.54. The van der Waals surface area contributed by atoms with Gasteiger partial charge < -0.3 is 9.84 Å². The third-order valence-electron chi connectivity index (χ3n) is 3.12. The van der Waals surface area contributed by atoms with Crippen LogP contribution in [0, 0.1) is 6.92 Å². The van der Waals surface area contributed by atoms with E-state index in [0.29, 0.717) is 0 Å². The van der Waals surface area contributed by atoms with E-state index in [4.69, 9.17) is 4.74 Å². The molecule has 1 aromatic rings. The molecule has 1 N–H and O–H groups in total. The van der Waals surface area contributed by atoms with E-state index >= 15 is 0 Å². The van der Waals surface area contributed by atoms with Gasteiger partial charge in [-0.05, 0) is 31.9 Å². The van der Waals surface area contributed by atoms with Gasteiger partial charge >= 0.3 is 0 Å². The number of aliphatic hydroxyl groups is 1. The highest BCUT2D eigenvalue weighted by atomic mass is 16.5. The molecule has 3 heteroatoms. The summed E-state index contributed by atoms with van der Waals surface area (Å²) in [5.74, 6) is 0. The summed E-state index contributed by atoms with van der Waals surface area (Å²) in [5.41, 5.74) is 1.33. The van der Waals surface area contributed by atoms with Crippen LogP contribution in [-0.4, -0.2) is 22.8 Å². The second-order valence-electron chi connectivity index (χ2n) is 4.01. The van der Waals surface area contributed by atoms with Crippen LogP contribution in [0.4, 0.5) is 0 Å². The smallest absolute Gasteiger partial charge is 0.109 e. The molecule has 15 heavy (non-hydrogen) atoms. The van der Waals surface area contributed by atoms with Crippen LogP contribution in [-0.2, 0) is 4.74 Å². The lowest BCUT2D eigenvalue weighted by atomic mass is 9.89. The average Bonchev–Trinajstić information content (AvgIpc) is 2.28. The minimum atomic E-state index is -0.638. The molecule has 0 bridgehead atoms. The van der Waals surface area contributed by atoms with Crippen LogP contribution in [0.3, 0.4) is 0 Å². The van der Waals surface area contributed by atoms with E-state index < -0.39 is 11.7 Å². The summed E-state index contributed by atoms with van der Waals surface area (Å²) in [7, 11) is 1.62. The standard InChI is InChI=1S/C12H19NO2/c1-5-12(3,15-4)11(14)10-8-13-7-6-9(10)2/h6-8,11,14H,5H2,1-4H3. The fraction of sp³-hybridized carbons (Fsp3) is 0.583. The van der Waals surface area contributed by atoms with Gasteiger partial charge in [0, 0.05) is 25.1 Å². The average molecular weight is 209 g/mol. The van der Waals surface area contributed by atoms with Gasteiger partial charge in [-0.25, -0.2) is 0 Å². The molecule has 0 fully saturated rings. The topological polar surface area (TPSA) is 42.4 Å². The molecule has 0 spiro atoms. The molecule has 1 heterocycles. The number of nitrogens with zero attached hydrogens (tertiary/aromatic N) is 1. The third-order valence-corrected chi connectivity index (χ3v) is 3.12. The molecule has 2 unspecified atom stereocenters. The quantitative estimate of drug-likeness (QED) is 0.827. The second kappa shape index (κ2) is 4.73. The summed E-state index contributed by atoms with van der Waals surface area (Å²) in [5, 5.41) is 10.3. The molecule has 2 atom stereocenters. The van der Waals surface area contributed by atoms with Gasteiger partial charge in [0.2, 0.25) is 0 Å². The second-order valence-corrected chi connectivity index (χ2v) is 4.01. The number of aryl methyl sites for hydroxylation is 1. The van der Waals surface area contributed by atoms with Gasteiger partial charge in [-0.15, -0.1) is 0 Å². The van der Waals surface area contributed by atoms with E-state index in [0.717, 1.165) is 17.5 Å². The van der Waals surface area contributed by atoms with Gasteiger partial charge in [-0.1, -0.05) is 6.92 Å². The molecule has 0 aliphatic carbocycles. The Labute approximate surface area is 91.1 Å². The molecular formula is C12H19NO2. The highest BCUT2D eigenvalue weighted by Gasteiger charge is 2.33. The fourth-order valence-corrected chi connectivity index (χ4v) is 1.54. The Morgan fingerprint density at radius 3 is 2.73 bits per heavy atom. The normalized spacial score (nSPS) is 17.1. The Balaban J connectivity index is 3.03. The first kappa shape index (κ1) is 12.1. The molecule has 1 aromatic heterocycles. The predicted molar refractivity (Wildman–Crippen MR) is 59.6 cm³/mol. The molecule has 0 amide bonds. The van der Waals surface area contributed by atoms with E-state index in [1.807, 2.05) is 26.8 Å². The number of hydrogen-bond donors (Lipinski definition) is 1. The monoisotopic (exact) mass is 209 g/mol. The third kappa shape index (κ3) is 2.36. The van der Waals surface area contributed by atoms with Gasteiger partial charge in [0.25, 0.3) is 0 Å². The number of hydrogen-bond acceptors (Lipinski definition) is 3. The summed E-state index contributed by atoms with van der Waals surface area (Å²) < 4.78 is 5.38. The maximum absolute atomic E-state index is 10.3. The lowest BCUT2D eigenvalue weighted by Gasteiger charge is -2.32. The van der Waals surface area contributed by atoms with Crippen molar-refractivity contribution in [3.63, 3.8) is 0 Å². The Hall–Kier alpha value is -0.930. The van der Waals surface area contributed by atoms with E-state index in [9.17, 15) is 5.11 Å². The zero-order valence-corrected chi connectivity index (χ0v) is 9.82. The Kier molecular flexibility index (Phi) is 3.83. The minimum absolute atomic E-state index is 0.548. The SMILES string of the molecule is CCC(C)(OC)C(O)c1cnccc1C. The summed E-state index contributed by atoms with van der Waals surface area (Å²) in [4.78, 5) is 4.03.